The predicted molar refractivity (Wildman–Crippen MR) is 141 cm³/mol. The zero-order chi connectivity index (χ0) is 24.4. The summed E-state index contributed by atoms with van der Waals surface area (Å²) in [6.07, 6.45) is 0. The molecule has 0 heterocycles. The van der Waals surface area contributed by atoms with E-state index in [2.05, 4.69) is 32.8 Å². The van der Waals surface area contributed by atoms with Crippen molar-refractivity contribution in [2.75, 3.05) is 0 Å². The van der Waals surface area contributed by atoms with Gasteiger partial charge in [-0.05, 0) is 91.7 Å². The molecule has 0 aromatic rings. The summed E-state index contributed by atoms with van der Waals surface area (Å²) < 4.78 is 38.1. The van der Waals surface area contributed by atoms with E-state index in [0.29, 0.717) is 0 Å². The lowest BCUT2D eigenvalue weighted by Crippen LogP contribution is -2.60. The Balaban J connectivity index is 5.20. The zero-order valence-corrected chi connectivity index (χ0v) is 28.7. The van der Waals surface area contributed by atoms with Gasteiger partial charge >= 0.3 is 51.4 Å². The molecular formula is C16H46O7Si7. The third kappa shape index (κ3) is 14.2. The van der Waals surface area contributed by atoms with E-state index in [1.807, 2.05) is 58.1 Å². The second-order valence-corrected chi connectivity index (χ2v) is 36.3. The standard InChI is InChI=1S/C16H46O7Si7/c1-16-24(2,3)18-26(6,7)20-28(10,11)22-30(14,15)23-29(12,13)21-27(8,9)19-25(4,5)17/h16-17H,1H2,2-15H3. The summed E-state index contributed by atoms with van der Waals surface area (Å²) in [5.74, 6) is 0. The van der Waals surface area contributed by atoms with Crippen molar-refractivity contribution in [2.45, 2.75) is 91.7 Å². The molecule has 0 fully saturated rings. The molecule has 0 rings (SSSR count). The van der Waals surface area contributed by atoms with Gasteiger partial charge in [-0.1, -0.05) is 5.70 Å². The van der Waals surface area contributed by atoms with E-state index < -0.39 is 59.7 Å². The Bertz CT molecular complexity index is 587. The maximum absolute atomic E-state index is 10.1. The first-order valence-electron chi connectivity index (χ1n) is 10.4. The summed E-state index contributed by atoms with van der Waals surface area (Å²) in [5, 5.41) is 0. The van der Waals surface area contributed by atoms with Crippen LogP contribution in [0.15, 0.2) is 12.3 Å². The van der Waals surface area contributed by atoms with Crippen LogP contribution in [-0.2, 0) is 24.7 Å². The van der Waals surface area contributed by atoms with E-state index >= 15 is 0 Å². The van der Waals surface area contributed by atoms with Crippen molar-refractivity contribution in [1.29, 1.82) is 0 Å². The predicted octanol–water partition coefficient (Wildman–Crippen LogP) is 5.22. The second-order valence-electron chi connectivity index (χ2n) is 10.9. The van der Waals surface area contributed by atoms with Crippen molar-refractivity contribution in [3.05, 3.63) is 12.3 Å². The Kier molecular flexibility index (Phi) is 10.4. The van der Waals surface area contributed by atoms with E-state index in [-0.39, 0.29) is 0 Å². The monoisotopic (exact) mass is 546 g/mol. The summed E-state index contributed by atoms with van der Waals surface area (Å²) in [7, 11) is -17.1. The molecule has 0 saturated heterocycles. The van der Waals surface area contributed by atoms with E-state index in [9.17, 15) is 4.80 Å². The van der Waals surface area contributed by atoms with Crippen LogP contribution < -0.4 is 0 Å². The molecule has 180 valence electrons. The smallest absolute Gasteiger partial charge is 0.320 e. The molecule has 7 nitrogen and oxygen atoms in total. The van der Waals surface area contributed by atoms with Gasteiger partial charge in [-0.15, -0.1) is 6.58 Å². The first-order valence-corrected chi connectivity index (χ1v) is 30.3. The van der Waals surface area contributed by atoms with Gasteiger partial charge in [0.05, 0.1) is 0 Å². The van der Waals surface area contributed by atoms with Gasteiger partial charge < -0.3 is 29.5 Å². The highest BCUT2D eigenvalue weighted by atomic mass is 28.5. The Morgan fingerprint density at radius 2 is 0.700 bits per heavy atom. The van der Waals surface area contributed by atoms with Crippen molar-refractivity contribution in [3.8, 4) is 0 Å². The van der Waals surface area contributed by atoms with Crippen LogP contribution in [0.1, 0.15) is 0 Å². The quantitative estimate of drug-likeness (QED) is 0.317. The molecule has 0 unspecified atom stereocenters. The summed E-state index contributed by atoms with van der Waals surface area (Å²) in [6, 6.07) is 0. The van der Waals surface area contributed by atoms with Crippen molar-refractivity contribution in [1.82, 2.24) is 0 Å². The third-order valence-electron chi connectivity index (χ3n) is 3.46. The fourth-order valence-electron chi connectivity index (χ4n) is 3.75. The molecular weight excluding hydrogens is 501 g/mol. The van der Waals surface area contributed by atoms with Gasteiger partial charge in [-0.3, -0.25) is 0 Å². The lowest BCUT2D eigenvalue weighted by Gasteiger charge is -2.43. The highest BCUT2D eigenvalue weighted by molar-refractivity contribution is 6.92. The molecule has 14 heteroatoms. The van der Waals surface area contributed by atoms with Gasteiger partial charge in [0.15, 0.2) is 8.32 Å². The van der Waals surface area contributed by atoms with Gasteiger partial charge in [0.25, 0.3) is 0 Å². The number of hydrogen-bond acceptors (Lipinski definition) is 7. The maximum Gasteiger partial charge on any atom is 0.320 e. The van der Waals surface area contributed by atoms with E-state index in [4.69, 9.17) is 24.7 Å². The molecule has 0 aliphatic heterocycles. The van der Waals surface area contributed by atoms with E-state index in [1.54, 1.807) is 13.1 Å². The molecule has 0 aromatic carbocycles. The molecule has 0 aromatic heterocycles. The van der Waals surface area contributed by atoms with Crippen LogP contribution in [0.4, 0.5) is 0 Å². The minimum absolute atomic E-state index is 1.75. The molecule has 0 spiro atoms. The Morgan fingerprint density at radius 1 is 0.467 bits per heavy atom. The molecule has 30 heavy (non-hydrogen) atoms. The van der Waals surface area contributed by atoms with E-state index in [0.717, 1.165) is 0 Å². The highest BCUT2D eigenvalue weighted by Crippen LogP contribution is 2.28. The van der Waals surface area contributed by atoms with Crippen molar-refractivity contribution in [3.63, 3.8) is 0 Å². The topological polar surface area (TPSA) is 75.6 Å². The van der Waals surface area contributed by atoms with E-state index in [1.165, 1.54) is 0 Å². The average Bonchev–Trinajstić information content (AvgIpc) is 2.26. The molecule has 0 amide bonds. The van der Waals surface area contributed by atoms with Crippen LogP contribution in [0.25, 0.3) is 0 Å². The SMILES string of the molecule is C=C[Si](C)(C)O[Si](C)(C)O[Si](C)(C)O[Si](C)(C)O[Si](C)(C)O[Si](C)(C)O[Si](C)(C)O. The zero-order valence-electron chi connectivity index (χ0n) is 21.7. The maximum atomic E-state index is 10.1. The fraction of sp³-hybridized carbons (Fsp3) is 0.875. The van der Waals surface area contributed by atoms with Crippen molar-refractivity contribution < 1.29 is 29.5 Å². The minimum atomic E-state index is -2.68. The van der Waals surface area contributed by atoms with Gasteiger partial charge in [0.2, 0.25) is 0 Å². The lowest BCUT2D eigenvalue weighted by molar-refractivity contribution is 0.264. The third-order valence-corrected chi connectivity index (χ3v) is 28.2. The first-order chi connectivity index (χ1) is 12.8. The molecule has 0 saturated carbocycles. The van der Waals surface area contributed by atoms with Gasteiger partial charge in [0.1, 0.15) is 0 Å². The highest BCUT2D eigenvalue weighted by Gasteiger charge is 2.48. The number of hydrogen-bond donors (Lipinski definition) is 1. The molecule has 0 atom stereocenters. The normalized spacial score (nSPS) is 15.4. The summed E-state index contributed by atoms with van der Waals surface area (Å²) >= 11 is 0. The Hall–Kier alpha value is 0.978. The van der Waals surface area contributed by atoms with Gasteiger partial charge in [-0.2, -0.15) is 0 Å². The lowest BCUT2D eigenvalue weighted by atomic mass is 11.3. The molecule has 0 aliphatic carbocycles. The summed E-state index contributed by atoms with van der Waals surface area (Å²) in [6.45, 7) is 31.8. The van der Waals surface area contributed by atoms with Crippen LogP contribution in [-0.4, -0.2) is 64.5 Å². The molecule has 1 N–H and O–H groups in total. The first kappa shape index (κ1) is 31.0. The molecule has 0 aliphatic rings. The summed E-state index contributed by atoms with van der Waals surface area (Å²) in [5.41, 5.74) is 1.93. The van der Waals surface area contributed by atoms with Crippen LogP contribution in [0.2, 0.25) is 91.7 Å². The van der Waals surface area contributed by atoms with Crippen LogP contribution in [0.3, 0.4) is 0 Å². The average molecular weight is 547 g/mol. The van der Waals surface area contributed by atoms with Gasteiger partial charge in [0, 0.05) is 0 Å². The largest absolute Gasteiger partial charge is 0.433 e. The van der Waals surface area contributed by atoms with Crippen LogP contribution in [0.5, 0.6) is 0 Å². The van der Waals surface area contributed by atoms with Crippen molar-refractivity contribution >= 4 is 59.7 Å². The van der Waals surface area contributed by atoms with Crippen LogP contribution >= 0.6 is 0 Å². The van der Waals surface area contributed by atoms with Gasteiger partial charge in [-0.25, -0.2) is 0 Å². The summed E-state index contributed by atoms with van der Waals surface area (Å²) in [4.78, 5) is 10.1. The molecule has 0 bridgehead atoms. The fourth-order valence-corrected chi connectivity index (χ4v) is 35.6. The number of rotatable bonds is 13. The molecule has 0 radical (unpaired) electrons. The second kappa shape index (κ2) is 10.1. The Morgan fingerprint density at radius 3 is 0.933 bits per heavy atom. The minimum Gasteiger partial charge on any atom is -0.433 e. The Labute approximate surface area is 192 Å². The van der Waals surface area contributed by atoms with Crippen molar-refractivity contribution in [2.24, 2.45) is 0 Å². The van der Waals surface area contributed by atoms with Crippen LogP contribution in [0, 0.1) is 0 Å².